The average Bonchev–Trinajstić information content (AvgIpc) is 2.16. The molecule has 0 aliphatic rings. The molecule has 0 saturated carbocycles. The van der Waals surface area contributed by atoms with E-state index in [-0.39, 0.29) is 0 Å². The van der Waals surface area contributed by atoms with Gasteiger partial charge in [-0.2, -0.15) is 0 Å². The molecule has 12 heavy (non-hydrogen) atoms. The molecule has 1 aromatic rings. The minimum atomic E-state index is 0.375. The molecule has 1 aromatic heterocycles. The van der Waals surface area contributed by atoms with E-state index in [1.165, 1.54) is 0 Å². The number of pyridine rings is 1. The lowest BCUT2D eigenvalue weighted by Crippen LogP contribution is -2.11. The van der Waals surface area contributed by atoms with Crippen LogP contribution in [0.5, 0.6) is 11.5 Å². The van der Waals surface area contributed by atoms with Gasteiger partial charge in [0.05, 0.1) is 14.2 Å². The molecule has 4 heteroatoms. The van der Waals surface area contributed by atoms with E-state index in [0.717, 1.165) is 5.69 Å². The SMILES string of the molecule is COc1cc[nH+]c(CCl)c1OC. The number of aromatic amines is 1. The van der Waals surface area contributed by atoms with Gasteiger partial charge < -0.3 is 9.47 Å². The molecule has 0 amide bonds. The number of alkyl halides is 1. The largest absolute Gasteiger partial charge is 0.492 e. The van der Waals surface area contributed by atoms with Gasteiger partial charge in [0.2, 0.25) is 11.4 Å². The summed E-state index contributed by atoms with van der Waals surface area (Å²) >= 11 is 5.67. The second-order valence-electron chi connectivity index (χ2n) is 2.19. The first kappa shape index (κ1) is 9.13. The molecule has 0 bridgehead atoms. The van der Waals surface area contributed by atoms with Gasteiger partial charge in [0.25, 0.3) is 0 Å². The van der Waals surface area contributed by atoms with Gasteiger partial charge in [0, 0.05) is 6.07 Å². The van der Waals surface area contributed by atoms with Gasteiger partial charge in [-0.1, -0.05) is 0 Å². The van der Waals surface area contributed by atoms with Gasteiger partial charge in [0.1, 0.15) is 5.88 Å². The number of ether oxygens (including phenoxy) is 2. The van der Waals surface area contributed by atoms with Crippen molar-refractivity contribution in [2.24, 2.45) is 0 Å². The summed E-state index contributed by atoms with van der Waals surface area (Å²) < 4.78 is 10.2. The van der Waals surface area contributed by atoms with E-state index >= 15 is 0 Å². The van der Waals surface area contributed by atoms with Crippen molar-refractivity contribution in [1.82, 2.24) is 0 Å². The molecular weight excluding hydrogens is 178 g/mol. The van der Waals surface area contributed by atoms with E-state index in [1.807, 2.05) is 0 Å². The summed E-state index contributed by atoms with van der Waals surface area (Å²) in [4.78, 5) is 2.98. The number of methoxy groups -OCH3 is 2. The van der Waals surface area contributed by atoms with Gasteiger partial charge in [0.15, 0.2) is 11.9 Å². The Balaban J connectivity index is 3.13. The number of hydrogen-bond acceptors (Lipinski definition) is 2. The Morgan fingerprint density at radius 1 is 1.42 bits per heavy atom. The normalized spacial score (nSPS) is 9.58. The zero-order valence-corrected chi connectivity index (χ0v) is 7.81. The molecule has 3 nitrogen and oxygen atoms in total. The van der Waals surface area contributed by atoms with Crippen molar-refractivity contribution in [2.45, 2.75) is 5.88 Å². The fourth-order valence-electron chi connectivity index (χ4n) is 0.992. The zero-order valence-electron chi connectivity index (χ0n) is 7.06. The van der Waals surface area contributed by atoms with Crippen LogP contribution in [-0.2, 0) is 5.88 Å². The first-order valence-corrected chi connectivity index (χ1v) is 4.04. The molecule has 0 fully saturated rings. The third-order valence-corrected chi connectivity index (χ3v) is 1.82. The van der Waals surface area contributed by atoms with Crippen LogP contribution >= 0.6 is 11.6 Å². The summed E-state index contributed by atoms with van der Waals surface area (Å²) in [6.07, 6.45) is 1.76. The second-order valence-corrected chi connectivity index (χ2v) is 2.46. The van der Waals surface area contributed by atoms with Crippen LogP contribution < -0.4 is 14.5 Å². The van der Waals surface area contributed by atoms with Gasteiger partial charge in [-0.05, 0) is 0 Å². The summed E-state index contributed by atoms with van der Waals surface area (Å²) in [5.41, 5.74) is 0.818. The van der Waals surface area contributed by atoms with Crippen LogP contribution in [0.2, 0.25) is 0 Å². The minimum absolute atomic E-state index is 0.375. The summed E-state index contributed by atoms with van der Waals surface area (Å²) in [6.45, 7) is 0. The molecule has 0 saturated heterocycles. The monoisotopic (exact) mass is 188 g/mol. The van der Waals surface area contributed by atoms with Crippen molar-refractivity contribution >= 4 is 11.6 Å². The van der Waals surface area contributed by atoms with Crippen molar-refractivity contribution < 1.29 is 14.5 Å². The van der Waals surface area contributed by atoms with Crippen molar-refractivity contribution in [3.8, 4) is 11.5 Å². The highest BCUT2D eigenvalue weighted by molar-refractivity contribution is 6.17. The maximum Gasteiger partial charge on any atom is 0.240 e. The third kappa shape index (κ3) is 1.61. The van der Waals surface area contributed by atoms with Gasteiger partial charge in [-0.25, -0.2) is 4.98 Å². The molecule has 0 aliphatic heterocycles. The third-order valence-electron chi connectivity index (χ3n) is 1.55. The molecule has 0 radical (unpaired) electrons. The Bertz CT molecular complexity index is 243. The van der Waals surface area contributed by atoms with Gasteiger partial charge in [-0.3, -0.25) is 0 Å². The first-order chi connectivity index (χ1) is 5.83. The minimum Gasteiger partial charge on any atom is -0.492 e. The summed E-state index contributed by atoms with van der Waals surface area (Å²) in [5.74, 6) is 1.72. The Kier molecular flexibility index (Phi) is 3.17. The molecule has 0 aliphatic carbocycles. The second kappa shape index (κ2) is 4.16. The summed E-state index contributed by atoms with van der Waals surface area (Å²) in [6, 6.07) is 1.79. The summed E-state index contributed by atoms with van der Waals surface area (Å²) in [7, 11) is 3.18. The maximum atomic E-state index is 5.67. The molecule has 66 valence electrons. The molecule has 0 spiro atoms. The van der Waals surface area contributed by atoms with Crippen LogP contribution in [0.4, 0.5) is 0 Å². The van der Waals surface area contributed by atoms with Crippen LogP contribution in [0.15, 0.2) is 12.3 Å². The van der Waals surface area contributed by atoms with Crippen LogP contribution in [0.3, 0.4) is 0 Å². The Labute approximate surface area is 76.3 Å². The van der Waals surface area contributed by atoms with Crippen molar-refractivity contribution in [3.63, 3.8) is 0 Å². The highest BCUT2D eigenvalue weighted by atomic mass is 35.5. The van der Waals surface area contributed by atoms with E-state index < -0.39 is 0 Å². The molecule has 0 aromatic carbocycles. The van der Waals surface area contributed by atoms with E-state index in [2.05, 4.69) is 4.98 Å². The first-order valence-electron chi connectivity index (χ1n) is 3.51. The number of nitrogens with one attached hydrogen (secondary N) is 1. The van der Waals surface area contributed by atoms with Gasteiger partial charge >= 0.3 is 0 Å². The van der Waals surface area contributed by atoms with Crippen LogP contribution in [0, 0.1) is 0 Å². The predicted molar refractivity (Wildman–Crippen MR) is 45.7 cm³/mol. The predicted octanol–water partition coefficient (Wildman–Crippen LogP) is 1.26. The molecule has 0 unspecified atom stereocenters. The zero-order chi connectivity index (χ0) is 8.97. The number of rotatable bonds is 3. The molecule has 1 heterocycles. The van der Waals surface area contributed by atoms with E-state index in [1.54, 1.807) is 26.5 Å². The topological polar surface area (TPSA) is 32.6 Å². The lowest BCUT2D eigenvalue weighted by atomic mass is 10.3. The molecular formula is C8H11ClNO2+. The molecule has 1 rings (SSSR count). The highest BCUT2D eigenvalue weighted by Crippen LogP contribution is 2.27. The van der Waals surface area contributed by atoms with E-state index in [9.17, 15) is 0 Å². The van der Waals surface area contributed by atoms with Crippen molar-refractivity contribution in [1.29, 1.82) is 0 Å². The number of H-pyrrole nitrogens is 1. The lowest BCUT2D eigenvalue weighted by molar-refractivity contribution is -0.389. The molecule has 0 atom stereocenters. The van der Waals surface area contributed by atoms with Crippen molar-refractivity contribution in [3.05, 3.63) is 18.0 Å². The fraction of sp³-hybridized carbons (Fsp3) is 0.375. The Hall–Kier alpha value is -0.960. The maximum absolute atomic E-state index is 5.67. The standard InChI is InChI=1S/C8H10ClNO2/c1-11-7-3-4-10-6(5-9)8(7)12-2/h3-4H,5H2,1-2H3/p+1. The van der Waals surface area contributed by atoms with Crippen LogP contribution in [0.1, 0.15) is 5.69 Å². The quantitative estimate of drug-likeness (QED) is 0.669. The average molecular weight is 189 g/mol. The Morgan fingerprint density at radius 3 is 2.67 bits per heavy atom. The van der Waals surface area contributed by atoms with Gasteiger partial charge in [-0.15, -0.1) is 11.6 Å². The van der Waals surface area contributed by atoms with E-state index in [0.29, 0.717) is 17.4 Å². The number of halogens is 1. The smallest absolute Gasteiger partial charge is 0.240 e. The number of hydrogen-bond donors (Lipinski definition) is 0. The van der Waals surface area contributed by atoms with Crippen LogP contribution in [-0.4, -0.2) is 14.2 Å². The molecule has 1 N–H and O–H groups in total. The van der Waals surface area contributed by atoms with Crippen LogP contribution in [0.25, 0.3) is 0 Å². The highest BCUT2D eigenvalue weighted by Gasteiger charge is 2.14. The lowest BCUT2D eigenvalue weighted by Gasteiger charge is -2.05. The Morgan fingerprint density at radius 2 is 2.17 bits per heavy atom. The number of aromatic nitrogens is 1. The van der Waals surface area contributed by atoms with E-state index in [4.69, 9.17) is 21.1 Å². The van der Waals surface area contributed by atoms with Crippen molar-refractivity contribution in [2.75, 3.05) is 14.2 Å². The fourth-order valence-corrected chi connectivity index (χ4v) is 1.19. The summed E-state index contributed by atoms with van der Waals surface area (Å²) in [5, 5.41) is 0.